The number of likely N-dealkylation sites (tertiary alicyclic amines) is 1. The quantitative estimate of drug-likeness (QED) is 0.867. The second-order valence-corrected chi connectivity index (χ2v) is 4.84. The summed E-state index contributed by atoms with van der Waals surface area (Å²) < 4.78 is 0. The van der Waals surface area contributed by atoms with Gasteiger partial charge in [0, 0.05) is 6.54 Å². The molecule has 0 aromatic heterocycles. The molecule has 0 aliphatic carbocycles. The van der Waals surface area contributed by atoms with Crippen LogP contribution in [0, 0.1) is 0 Å². The van der Waals surface area contributed by atoms with Crippen molar-refractivity contribution in [3.8, 4) is 0 Å². The number of halogens is 1. The van der Waals surface area contributed by atoms with E-state index in [0.29, 0.717) is 17.3 Å². The van der Waals surface area contributed by atoms with Crippen LogP contribution in [0.25, 0.3) is 0 Å². The van der Waals surface area contributed by atoms with E-state index in [1.165, 1.54) is 0 Å². The minimum Gasteiger partial charge on any atom is -0.394 e. The first-order valence-corrected chi connectivity index (χ1v) is 6.53. The molecule has 1 fully saturated rings. The van der Waals surface area contributed by atoms with Gasteiger partial charge in [0.25, 0.3) is 0 Å². The highest BCUT2D eigenvalue weighted by Gasteiger charge is 2.26. The number of aliphatic hydroxyl groups is 1. The van der Waals surface area contributed by atoms with Crippen LogP contribution < -0.4 is 5.32 Å². The second kappa shape index (κ2) is 6.07. The first-order valence-electron chi connectivity index (χ1n) is 6.15. The lowest BCUT2D eigenvalue weighted by Gasteiger charge is -2.34. The van der Waals surface area contributed by atoms with Gasteiger partial charge in [-0.15, -0.1) is 0 Å². The monoisotopic (exact) mass is 268 g/mol. The van der Waals surface area contributed by atoms with Gasteiger partial charge in [-0.25, -0.2) is 4.79 Å². The second-order valence-electron chi connectivity index (χ2n) is 4.44. The van der Waals surface area contributed by atoms with E-state index >= 15 is 0 Å². The Morgan fingerprint density at radius 1 is 1.44 bits per heavy atom. The Morgan fingerprint density at radius 3 is 2.94 bits per heavy atom. The molecule has 0 bridgehead atoms. The van der Waals surface area contributed by atoms with Gasteiger partial charge >= 0.3 is 6.03 Å². The lowest BCUT2D eigenvalue weighted by atomic mass is 10.0. The summed E-state index contributed by atoms with van der Waals surface area (Å²) in [4.78, 5) is 13.8. The summed E-state index contributed by atoms with van der Waals surface area (Å²) in [6.07, 6.45) is 2.89. The number of piperidine rings is 1. The minimum absolute atomic E-state index is 0.00986. The number of para-hydroxylation sites is 1. The zero-order valence-electron chi connectivity index (χ0n) is 10.1. The molecule has 1 atom stereocenters. The molecule has 1 aliphatic heterocycles. The molecule has 5 heteroatoms. The molecule has 1 saturated heterocycles. The van der Waals surface area contributed by atoms with Crippen molar-refractivity contribution in [2.24, 2.45) is 0 Å². The number of carbonyl (C=O) groups is 1. The zero-order chi connectivity index (χ0) is 13.0. The van der Waals surface area contributed by atoms with Gasteiger partial charge in [-0.05, 0) is 31.4 Å². The van der Waals surface area contributed by atoms with E-state index in [1.54, 1.807) is 17.0 Å². The number of hydrogen-bond acceptors (Lipinski definition) is 2. The summed E-state index contributed by atoms with van der Waals surface area (Å²) >= 11 is 5.99. The molecular formula is C13H17ClN2O2. The van der Waals surface area contributed by atoms with Crippen molar-refractivity contribution in [2.45, 2.75) is 25.3 Å². The number of nitrogens with zero attached hydrogens (tertiary/aromatic N) is 1. The fourth-order valence-electron chi connectivity index (χ4n) is 2.21. The average Bonchev–Trinajstić information content (AvgIpc) is 2.41. The summed E-state index contributed by atoms with van der Waals surface area (Å²) in [5, 5.41) is 12.6. The van der Waals surface area contributed by atoms with Gasteiger partial charge in [-0.1, -0.05) is 23.7 Å². The fraction of sp³-hybridized carbons (Fsp3) is 0.462. The van der Waals surface area contributed by atoms with Crippen molar-refractivity contribution >= 4 is 23.3 Å². The number of benzene rings is 1. The Morgan fingerprint density at radius 2 is 2.22 bits per heavy atom. The van der Waals surface area contributed by atoms with Crippen molar-refractivity contribution in [2.75, 3.05) is 18.5 Å². The molecule has 1 aromatic rings. The van der Waals surface area contributed by atoms with Crippen molar-refractivity contribution in [1.29, 1.82) is 0 Å². The minimum atomic E-state index is -0.193. The number of anilines is 1. The third-order valence-corrected chi connectivity index (χ3v) is 3.54. The molecule has 98 valence electrons. The van der Waals surface area contributed by atoms with Gasteiger partial charge in [0.1, 0.15) is 0 Å². The number of urea groups is 1. The van der Waals surface area contributed by atoms with Crippen LogP contribution in [0.5, 0.6) is 0 Å². The lowest BCUT2D eigenvalue weighted by Crippen LogP contribution is -2.47. The third kappa shape index (κ3) is 2.94. The first kappa shape index (κ1) is 13.2. The molecule has 1 aliphatic rings. The van der Waals surface area contributed by atoms with E-state index in [9.17, 15) is 9.90 Å². The fourth-order valence-corrected chi connectivity index (χ4v) is 2.39. The van der Waals surface area contributed by atoms with Crippen molar-refractivity contribution in [1.82, 2.24) is 4.90 Å². The molecule has 2 N–H and O–H groups in total. The molecule has 1 unspecified atom stereocenters. The maximum Gasteiger partial charge on any atom is 0.322 e. The maximum absolute atomic E-state index is 12.1. The number of carbonyl (C=O) groups excluding carboxylic acids is 1. The summed E-state index contributed by atoms with van der Waals surface area (Å²) in [6, 6.07) is 6.86. The van der Waals surface area contributed by atoms with Crippen LogP contribution in [-0.2, 0) is 0 Å². The lowest BCUT2D eigenvalue weighted by molar-refractivity contribution is 0.115. The molecular weight excluding hydrogens is 252 g/mol. The van der Waals surface area contributed by atoms with E-state index in [-0.39, 0.29) is 18.7 Å². The van der Waals surface area contributed by atoms with E-state index in [4.69, 9.17) is 11.6 Å². The molecule has 18 heavy (non-hydrogen) atoms. The van der Waals surface area contributed by atoms with Crippen LogP contribution in [0.4, 0.5) is 10.5 Å². The van der Waals surface area contributed by atoms with E-state index < -0.39 is 0 Å². The predicted octanol–water partition coefficient (Wildman–Crippen LogP) is 2.72. The molecule has 4 nitrogen and oxygen atoms in total. The smallest absolute Gasteiger partial charge is 0.322 e. The summed E-state index contributed by atoms with van der Waals surface area (Å²) in [5.74, 6) is 0. The molecule has 1 aromatic carbocycles. The van der Waals surface area contributed by atoms with Crippen LogP contribution in [0.15, 0.2) is 24.3 Å². The van der Waals surface area contributed by atoms with Gasteiger partial charge < -0.3 is 15.3 Å². The Hall–Kier alpha value is -1.26. The topological polar surface area (TPSA) is 52.6 Å². The molecule has 0 radical (unpaired) electrons. The summed E-state index contributed by atoms with van der Waals surface area (Å²) in [5.41, 5.74) is 0.603. The van der Waals surface area contributed by atoms with Gasteiger partial charge in [0.15, 0.2) is 0 Å². The standard InChI is InChI=1S/C13H17ClN2O2/c14-11-6-1-2-7-12(11)15-13(18)16-8-4-3-5-10(16)9-17/h1-2,6-7,10,17H,3-5,8-9H2,(H,15,18). The third-order valence-electron chi connectivity index (χ3n) is 3.21. The van der Waals surface area contributed by atoms with Crippen LogP contribution in [0.1, 0.15) is 19.3 Å². The molecule has 0 spiro atoms. The summed E-state index contributed by atoms with van der Waals surface area (Å²) in [6.45, 7) is 0.692. The Kier molecular flexibility index (Phi) is 4.44. The average molecular weight is 269 g/mol. The van der Waals surface area contributed by atoms with E-state index in [1.807, 2.05) is 12.1 Å². The highest BCUT2D eigenvalue weighted by molar-refractivity contribution is 6.33. The normalized spacial score (nSPS) is 19.7. The van der Waals surface area contributed by atoms with Crippen LogP contribution >= 0.6 is 11.6 Å². The highest BCUT2D eigenvalue weighted by Crippen LogP contribution is 2.23. The van der Waals surface area contributed by atoms with Crippen LogP contribution in [0.3, 0.4) is 0 Å². The maximum atomic E-state index is 12.1. The van der Waals surface area contributed by atoms with Gasteiger partial charge in [0.2, 0.25) is 0 Å². The van der Waals surface area contributed by atoms with E-state index in [2.05, 4.69) is 5.32 Å². The Balaban J connectivity index is 2.05. The SMILES string of the molecule is O=C(Nc1ccccc1Cl)N1CCCCC1CO. The Labute approximate surface area is 112 Å². The number of hydrogen-bond donors (Lipinski definition) is 2. The zero-order valence-corrected chi connectivity index (χ0v) is 10.9. The summed E-state index contributed by atoms with van der Waals surface area (Å²) in [7, 11) is 0. The number of aliphatic hydroxyl groups excluding tert-OH is 1. The van der Waals surface area contributed by atoms with Crippen molar-refractivity contribution in [3.63, 3.8) is 0 Å². The Bertz CT molecular complexity index is 425. The molecule has 2 amide bonds. The van der Waals surface area contributed by atoms with Crippen molar-refractivity contribution < 1.29 is 9.90 Å². The van der Waals surface area contributed by atoms with Crippen LogP contribution in [0.2, 0.25) is 5.02 Å². The number of amides is 2. The number of nitrogens with one attached hydrogen (secondary N) is 1. The molecule has 0 saturated carbocycles. The van der Waals surface area contributed by atoms with E-state index in [0.717, 1.165) is 19.3 Å². The number of rotatable bonds is 2. The van der Waals surface area contributed by atoms with Gasteiger partial charge in [-0.2, -0.15) is 0 Å². The first-order chi connectivity index (χ1) is 8.72. The van der Waals surface area contributed by atoms with Crippen molar-refractivity contribution in [3.05, 3.63) is 29.3 Å². The largest absolute Gasteiger partial charge is 0.394 e. The predicted molar refractivity (Wildman–Crippen MR) is 71.9 cm³/mol. The van der Waals surface area contributed by atoms with Gasteiger partial charge in [0.05, 0.1) is 23.4 Å². The molecule has 1 heterocycles. The molecule has 2 rings (SSSR count). The van der Waals surface area contributed by atoms with Crippen LogP contribution in [-0.4, -0.2) is 35.2 Å². The highest BCUT2D eigenvalue weighted by atomic mass is 35.5. The van der Waals surface area contributed by atoms with Gasteiger partial charge in [-0.3, -0.25) is 0 Å².